The van der Waals surface area contributed by atoms with Gasteiger partial charge in [0.15, 0.2) is 10.8 Å². The summed E-state index contributed by atoms with van der Waals surface area (Å²) in [6, 6.07) is 0. The van der Waals surface area contributed by atoms with E-state index in [1.807, 2.05) is 13.8 Å². The molecule has 1 aliphatic rings. The van der Waals surface area contributed by atoms with E-state index in [9.17, 15) is 18.0 Å². The van der Waals surface area contributed by atoms with E-state index in [0.29, 0.717) is 10.8 Å². The largest absolute Gasteiger partial charge is 0.436 e. The van der Waals surface area contributed by atoms with Gasteiger partial charge in [0.05, 0.1) is 23.0 Å². The molecule has 2 heterocycles. The summed E-state index contributed by atoms with van der Waals surface area (Å²) in [5.74, 6) is -0.334. The molecule has 5 nitrogen and oxygen atoms in total. The van der Waals surface area contributed by atoms with Crippen molar-refractivity contribution in [3.8, 4) is 0 Å². The van der Waals surface area contributed by atoms with E-state index >= 15 is 0 Å². The smallest absolute Gasteiger partial charge is 0.302 e. The quantitative estimate of drug-likeness (QED) is 0.812. The van der Waals surface area contributed by atoms with Crippen LogP contribution in [0.15, 0.2) is 0 Å². The minimum atomic E-state index is -4.61. The summed E-state index contributed by atoms with van der Waals surface area (Å²) in [4.78, 5) is 17.3. The van der Waals surface area contributed by atoms with E-state index in [1.54, 1.807) is 0 Å². The summed E-state index contributed by atoms with van der Waals surface area (Å²) in [5, 5.41) is 6.41. The second kappa shape index (κ2) is 6.60. The zero-order valence-corrected chi connectivity index (χ0v) is 15.1. The number of carbonyl (C=O) groups excluding carboxylic acids is 1. The Balaban J connectivity index is 1.71. The van der Waals surface area contributed by atoms with Gasteiger partial charge in [-0.05, 0) is 26.7 Å². The van der Waals surface area contributed by atoms with Gasteiger partial charge in [-0.3, -0.25) is 9.48 Å². The maximum absolute atomic E-state index is 13.0. The predicted octanol–water partition coefficient (Wildman–Crippen LogP) is 4.53. The molecule has 0 atom stereocenters. The van der Waals surface area contributed by atoms with Crippen molar-refractivity contribution in [2.75, 3.05) is 5.32 Å². The van der Waals surface area contributed by atoms with Crippen LogP contribution in [0.1, 0.15) is 47.1 Å². The van der Waals surface area contributed by atoms with E-state index in [4.69, 9.17) is 11.6 Å². The lowest BCUT2D eigenvalue weighted by Gasteiger charge is -2.06. The number of anilines is 1. The van der Waals surface area contributed by atoms with Crippen LogP contribution in [0.25, 0.3) is 0 Å². The van der Waals surface area contributed by atoms with Crippen molar-refractivity contribution in [2.45, 2.75) is 51.7 Å². The Labute approximate surface area is 151 Å². The number of halogens is 4. The lowest BCUT2D eigenvalue weighted by atomic mass is 10.2. The van der Waals surface area contributed by atoms with E-state index < -0.39 is 11.9 Å². The van der Waals surface area contributed by atoms with Crippen molar-refractivity contribution in [1.29, 1.82) is 0 Å². The van der Waals surface area contributed by atoms with Crippen LogP contribution in [-0.2, 0) is 17.5 Å². The number of carbonyl (C=O) groups is 1. The highest BCUT2D eigenvalue weighted by Crippen LogP contribution is 2.46. The Morgan fingerprint density at radius 3 is 2.60 bits per heavy atom. The number of amides is 1. The van der Waals surface area contributed by atoms with Crippen molar-refractivity contribution in [1.82, 2.24) is 14.8 Å². The lowest BCUT2D eigenvalue weighted by Crippen LogP contribution is -2.16. The zero-order valence-electron chi connectivity index (χ0n) is 13.6. The third kappa shape index (κ3) is 3.98. The van der Waals surface area contributed by atoms with Gasteiger partial charge in [-0.2, -0.15) is 18.3 Å². The monoisotopic (exact) mass is 392 g/mol. The summed E-state index contributed by atoms with van der Waals surface area (Å²) < 4.78 is 40.2. The first-order valence-electron chi connectivity index (χ1n) is 7.74. The molecule has 1 saturated carbocycles. The molecule has 0 aliphatic heterocycles. The first kappa shape index (κ1) is 18.2. The SMILES string of the molecule is Cc1nc(NC(=O)CCn2nc(C(F)(F)F)c(Cl)c2C2CC2)sc1C. The van der Waals surface area contributed by atoms with Crippen LogP contribution < -0.4 is 5.32 Å². The first-order chi connectivity index (χ1) is 11.7. The molecule has 136 valence electrons. The molecule has 25 heavy (non-hydrogen) atoms. The molecule has 0 radical (unpaired) electrons. The number of alkyl halides is 3. The minimum Gasteiger partial charge on any atom is -0.302 e. The molecule has 10 heteroatoms. The molecular weight excluding hydrogens is 377 g/mol. The standard InChI is InChI=1S/C15H16ClF3N4OS/c1-7-8(2)25-14(20-7)21-10(24)5-6-23-12(9-3-4-9)11(16)13(22-23)15(17,18)19/h9H,3-6H2,1-2H3,(H,20,21,24). The van der Waals surface area contributed by atoms with Crippen LogP contribution in [0, 0.1) is 13.8 Å². The number of hydrogen-bond acceptors (Lipinski definition) is 4. The molecule has 2 aromatic heterocycles. The van der Waals surface area contributed by atoms with E-state index in [2.05, 4.69) is 15.4 Å². The van der Waals surface area contributed by atoms with Crippen LogP contribution in [-0.4, -0.2) is 20.7 Å². The van der Waals surface area contributed by atoms with Gasteiger partial charge >= 0.3 is 6.18 Å². The third-order valence-corrected chi connectivity index (χ3v) is 5.35. The fourth-order valence-corrected chi connectivity index (χ4v) is 3.69. The Bertz CT molecular complexity index is 791. The number of nitrogens with zero attached hydrogens (tertiary/aromatic N) is 3. The molecule has 0 unspecified atom stereocenters. The Kier molecular flexibility index (Phi) is 4.80. The van der Waals surface area contributed by atoms with Gasteiger partial charge < -0.3 is 5.32 Å². The van der Waals surface area contributed by atoms with Gasteiger partial charge in [-0.15, -0.1) is 11.3 Å². The van der Waals surface area contributed by atoms with E-state index in [1.165, 1.54) is 16.0 Å². The van der Waals surface area contributed by atoms with Gasteiger partial charge in [0.2, 0.25) is 5.91 Å². The number of nitrogens with one attached hydrogen (secondary N) is 1. The number of rotatable bonds is 5. The molecular formula is C15H16ClF3N4OS. The normalized spacial score (nSPS) is 14.8. The van der Waals surface area contributed by atoms with Crippen molar-refractivity contribution in [3.63, 3.8) is 0 Å². The summed E-state index contributed by atoms with van der Waals surface area (Å²) in [6.45, 7) is 3.78. The third-order valence-electron chi connectivity index (χ3n) is 3.99. The van der Waals surface area contributed by atoms with Crippen molar-refractivity contribution in [2.24, 2.45) is 0 Å². The number of hydrogen-bond donors (Lipinski definition) is 1. The average Bonchev–Trinajstić information content (AvgIpc) is 3.20. The minimum absolute atomic E-state index is 0.00724. The van der Waals surface area contributed by atoms with Crippen LogP contribution in [0.4, 0.5) is 18.3 Å². The van der Waals surface area contributed by atoms with Crippen LogP contribution in [0.2, 0.25) is 5.02 Å². The van der Waals surface area contributed by atoms with Gasteiger partial charge in [0.1, 0.15) is 0 Å². The Hall–Kier alpha value is -1.61. The highest BCUT2D eigenvalue weighted by molar-refractivity contribution is 7.15. The first-order valence-corrected chi connectivity index (χ1v) is 8.93. The summed E-state index contributed by atoms with van der Waals surface area (Å²) in [7, 11) is 0. The second-order valence-corrected chi connectivity index (χ2v) is 7.58. The number of aryl methyl sites for hydroxylation is 3. The molecule has 1 amide bonds. The molecule has 2 aromatic rings. The molecule has 0 spiro atoms. The fourth-order valence-electron chi connectivity index (χ4n) is 2.47. The molecule has 0 bridgehead atoms. The highest BCUT2D eigenvalue weighted by atomic mass is 35.5. The van der Waals surface area contributed by atoms with Crippen molar-refractivity contribution in [3.05, 3.63) is 27.0 Å². The second-order valence-electron chi connectivity index (χ2n) is 6.00. The van der Waals surface area contributed by atoms with Crippen LogP contribution >= 0.6 is 22.9 Å². The van der Waals surface area contributed by atoms with Gasteiger partial charge in [-0.25, -0.2) is 4.98 Å². The van der Waals surface area contributed by atoms with Gasteiger partial charge in [0.25, 0.3) is 0 Å². The number of aromatic nitrogens is 3. The van der Waals surface area contributed by atoms with Crippen LogP contribution in [0.3, 0.4) is 0 Å². The predicted molar refractivity (Wildman–Crippen MR) is 89.0 cm³/mol. The molecule has 1 aliphatic carbocycles. The van der Waals surface area contributed by atoms with Crippen molar-refractivity contribution >= 4 is 34.0 Å². The molecule has 1 N–H and O–H groups in total. The van der Waals surface area contributed by atoms with Gasteiger partial charge in [0, 0.05) is 17.2 Å². The number of thiazole rings is 1. The maximum atomic E-state index is 13.0. The summed E-state index contributed by atoms with van der Waals surface area (Å²) >= 11 is 7.26. The fraction of sp³-hybridized carbons (Fsp3) is 0.533. The van der Waals surface area contributed by atoms with Crippen LogP contribution in [0.5, 0.6) is 0 Å². The topological polar surface area (TPSA) is 59.8 Å². The maximum Gasteiger partial charge on any atom is 0.436 e. The molecule has 3 rings (SSSR count). The molecule has 0 aromatic carbocycles. The Morgan fingerprint density at radius 2 is 2.08 bits per heavy atom. The molecule has 0 saturated heterocycles. The Morgan fingerprint density at radius 1 is 1.40 bits per heavy atom. The summed E-state index contributed by atoms with van der Waals surface area (Å²) in [6.07, 6.45) is -3.05. The summed E-state index contributed by atoms with van der Waals surface area (Å²) in [5.41, 5.74) is 0.135. The van der Waals surface area contributed by atoms with E-state index in [-0.39, 0.29) is 29.8 Å². The van der Waals surface area contributed by atoms with Crippen molar-refractivity contribution < 1.29 is 18.0 Å². The van der Waals surface area contributed by atoms with E-state index in [0.717, 1.165) is 23.4 Å². The van der Waals surface area contributed by atoms with Gasteiger partial charge in [-0.1, -0.05) is 11.6 Å². The zero-order chi connectivity index (χ0) is 18.4. The highest BCUT2D eigenvalue weighted by Gasteiger charge is 2.42. The average molecular weight is 393 g/mol. The molecule has 1 fully saturated rings. The lowest BCUT2D eigenvalue weighted by molar-refractivity contribution is -0.141.